The van der Waals surface area contributed by atoms with Crippen LogP contribution in [0.1, 0.15) is 31.2 Å². The Labute approximate surface area is 131 Å². The van der Waals surface area contributed by atoms with Crippen LogP contribution in [0.15, 0.2) is 42.0 Å². The van der Waals surface area contributed by atoms with E-state index in [1.165, 1.54) is 12.7 Å². The summed E-state index contributed by atoms with van der Waals surface area (Å²) in [6.07, 6.45) is 5.46. The van der Waals surface area contributed by atoms with Crippen molar-refractivity contribution in [2.75, 3.05) is 20.2 Å². The third-order valence-electron chi connectivity index (χ3n) is 3.92. The van der Waals surface area contributed by atoms with Crippen LogP contribution >= 0.6 is 0 Å². The van der Waals surface area contributed by atoms with E-state index in [1.807, 2.05) is 29.2 Å². The zero-order valence-electron chi connectivity index (χ0n) is 13.1. The van der Waals surface area contributed by atoms with E-state index in [0.717, 1.165) is 31.5 Å². The molecule has 0 fully saturated rings. The lowest BCUT2D eigenvalue weighted by Gasteiger charge is -2.27. The SMILES string of the molecule is COC(=O)CCCC1=CCCN(CCc2ccccc2)C1=O. The third-order valence-corrected chi connectivity index (χ3v) is 3.92. The molecule has 0 spiro atoms. The molecule has 1 heterocycles. The highest BCUT2D eigenvalue weighted by Crippen LogP contribution is 2.18. The zero-order valence-corrected chi connectivity index (χ0v) is 13.1. The number of benzene rings is 1. The van der Waals surface area contributed by atoms with Gasteiger partial charge in [0.25, 0.3) is 0 Å². The predicted octanol–water partition coefficient (Wildman–Crippen LogP) is 2.73. The van der Waals surface area contributed by atoms with Crippen LogP contribution in [0, 0.1) is 0 Å². The fourth-order valence-electron chi connectivity index (χ4n) is 2.64. The molecule has 118 valence electrons. The molecule has 0 aliphatic carbocycles. The minimum atomic E-state index is -0.218. The van der Waals surface area contributed by atoms with Crippen molar-refractivity contribution < 1.29 is 14.3 Å². The largest absolute Gasteiger partial charge is 0.469 e. The minimum absolute atomic E-state index is 0.118. The smallest absolute Gasteiger partial charge is 0.305 e. The molecule has 1 aromatic rings. The second kappa shape index (κ2) is 8.37. The van der Waals surface area contributed by atoms with E-state index < -0.39 is 0 Å². The molecule has 0 radical (unpaired) electrons. The molecule has 22 heavy (non-hydrogen) atoms. The molecule has 0 saturated carbocycles. The standard InChI is InChI=1S/C18H23NO3/c1-22-17(20)11-5-9-16-10-6-13-19(18(16)21)14-12-15-7-3-2-4-8-15/h2-4,7-8,10H,5-6,9,11-14H2,1H3. The number of methoxy groups -OCH3 is 1. The van der Waals surface area contributed by atoms with Crippen molar-refractivity contribution in [3.8, 4) is 0 Å². The van der Waals surface area contributed by atoms with Crippen molar-refractivity contribution in [2.45, 2.75) is 32.1 Å². The van der Waals surface area contributed by atoms with Crippen molar-refractivity contribution in [1.82, 2.24) is 4.90 Å². The first kappa shape index (κ1) is 16.3. The molecule has 0 saturated heterocycles. The van der Waals surface area contributed by atoms with Gasteiger partial charge >= 0.3 is 5.97 Å². The minimum Gasteiger partial charge on any atom is -0.469 e. The Morgan fingerprint density at radius 3 is 2.73 bits per heavy atom. The fraction of sp³-hybridized carbons (Fsp3) is 0.444. The van der Waals surface area contributed by atoms with Gasteiger partial charge in [0.05, 0.1) is 7.11 Å². The van der Waals surface area contributed by atoms with E-state index in [4.69, 9.17) is 0 Å². The summed E-state index contributed by atoms with van der Waals surface area (Å²) in [5, 5.41) is 0. The van der Waals surface area contributed by atoms with Gasteiger partial charge in [0.2, 0.25) is 5.91 Å². The maximum absolute atomic E-state index is 12.4. The summed E-state index contributed by atoms with van der Waals surface area (Å²) in [5.41, 5.74) is 2.08. The monoisotopic (exact) mass is 301 g/mol. The Hall–Kier alpha value is -2.10. The van der Waals surface area contributed by atoms with E-state index >= 15 is 0 Å². The lowest BCUT2D eigenvalue weighted by atomic mass is 10.0. The van der Waals surface area contributed by atoms with Gasteiger partial charge in [-0.05, 0) is 31.2 Å². The second-order valence-corrected chi connectivity index (χ2v) is 5.48. The number of rotatable bonds is 7. The molecule has 1 aliphatic rings. The van der Waals surface area contributed by atoms with Crippen LogP contribution in [-0.4, -0.2) is 37.0 Å². The van der Waals surface area contributed by atoms with Crippen LogP contribution < -0.4 is 0 Å². The summed E-state index contributed by atoms with van der Waals surface area (Å²) in [6.45, 7) is 1.53. The number of amides is 1. The van der Waals surface area contributed by atoms with Gasteiger partial charge in [-0.2, -0.15) is 0 Å². The average molecular weight is 301 g/mol. The van der Waals surface area contributed by atoms with Crippen LogP contribution in [-0.2, 0) is 20.7 Å². The first-order valence-electron chi connectivity index (χ1n) is 7.79. The Kier molecular flexibility index (Phi) is 6.19. The third kappa shape index (κ3) is 4.72. The van der Waals surface area contributed by atoms with Crippen molar-refractivity contribution >= 4 is 11.9 Å². The number of ether oxygens (including phenoxy) is 1. The molecule has 4 heteroatoms. The summed E-state index contributed by atoms with van der Waals surface area (Å²) in [5.74, 6) is -0.100. The maximum atomic E-state index is 12.4. The number of nitrogens with zero attached hydrogens (tertiary/aromatic N) is 1. The highest BCUT2D eigenvalue weighted by molar-refractivity contribution is 5.94. The van der Waals surface area contributed by atoms with E-state index in [1.54, 1.807) is 0 Å². The zero-order chi connectivity index (χ0) is 15.8. The van der Waals surface area contributed by atoms with Gasteiger partial charge in [0, 0.05) is 25.1 Å². The van der Waals surface area contributed by atoms with E-state index in [2.05, 4.69) is 16.9 Å². The van der Waals surface area contributed by atoms with Crippen LogP contribution in [0.2, 0.25) is 0 Å². The van der Waals surface area contributed by atoms with Crippen LogP contribution in [0.5, 0.6) is 0 Å². The molecule has 0 bridgehead atoms. The molecule has 1 amide bonds. The molecular weight excluding hydrogens is 278 g/mol. The topological polar surface area (TPSA) is 46.6 Å². The first-order valence-corrected chi connectivity index (χ1v) is 7.79. The van der Waals surface area contributed by atoms with Crippen molar-refractivity contribution in [3.05, 3.63) is 47.5 Å². The molecule has 0 aromatic heterocycles. The summed E-state index contributed by atoms with van der Waals surface area (Å²) >= 11 is 0. The second-order valence-electron chi connectivity index (χ2n) is 5.48. The number of carbonyl (C=O) groups excluding carboxylic acids is 2. The van der Waals surface area contributed by atoms with Crippen LogP contribution in [0.25, 0.3) is 0 Å². The van der Waals surface area contributed by atoms with Crippen molar-refractivity contribution in [1.29, 1.82) is 0 Å². The quantitative estimate of drug-likeness (QED) is 0.728. The van der Waals surface area contributed by atoms with Gasteiger partial charge in [-0.15, -0.1) is 0 Å². The summed E-state index contributed by atoms with van der Waals surface area (Å²) in [4.78, 5) is 25.5. The Morgan fingerprint density at radius 2 is 2.00 bits per heavy atom. The highest BCUT2D eigenvalue weighted by Gasteiger charge is 2.21. The maximum Gasteiger partial charge on any atom is 0.305 e. The van der Waals surface area contributed by atoms with E-state index in [-0.39, 0.29) is 11.9 Å². The molecule has 2 rings (SSSR count). The summed E-state index contributed by atoms with van der Waals surface area (Å²) in [7, 11) is 1.39. The Bertz CT molecular complexity index is 537. The number of esters is 1. The van der Waals surface area contributed by atoms with Gasteiger partial charge in [-0.1, -0.05) is 36.4 Å². The fourth-order valence-corrected chi connectivity index (χ4v) is 2.64. The lowest BCUT2D eigenvalue weighted by Crippen LogP contribution is -2.37. The summed E-state index contributed by atoms with van der Waals surface area (Å²) < 4.78 is 4.62. The number of carbonyl (C=O) groups is 2. The first-order chi connectivity index (χ1) is 10.7. The lowest BCUT2D eigenvalue weighted by molar-refractivity contribution is -0.140. The molecular formula is C18H23NO3. The number of hydrogen-bond acceptors (Lipinski definition) is 3. The Morgan fingerprint density at radius 1 is 1.23 bits per heavy atom. The van der Waals surface area contributed by atoms with Gasteiger partial charge in [-0.25, -0.2) is 0 Å². The van der Waals surface area contributed by atoms with Gasteiger partial charge in [-0.3, -0.25) is 9.59 Å². The highest BCUT2D eigenvalue weighted by atomic mass is 16.5. The molecule has 0 unspecified atom stereocenters. The van der Waals surface area contributed by atoms with Crippen LogP contribution in [0.4, 0.5) is 0 Å². The predicted molar refractivity (Wildman–Crippen MR) is 85.3 cm³/mol. The van der Waals surface area contributed by atoms with Crippen molar-refractivity contribution in [2.24, 2.45) is 0 Å². The molecule has 0 N–H and O–H groups in total. The molecule has 1 aromatic carbocycles. The number of hydrogen-bond donors (Lipinski definition) is 0. The summed E-state index contributed by atoms with van der Waals surface area (Å²) in [6, 6.07) is 10.2. The van der Waals surface area contributed by atoms with Gasteiger partial charge in [0.1, 0.15) is 0 Å². The van der Waals surface area contributed by atoms with E-state index in [9.17, 15) is 9.59 Å². The normalized spacial score (nSPS) is 14.7. The van der Waals surface area contributed by atoms with E-state index in [0.29, 0.717) is 19.3 Å². The van der Waals surface area contributed by atoms with Crippen LogP contribution in [0.3, 0.4) is 0 Å². The molecule has 0 atom stereocenters. The van der Waals surface area contributed by atoms with Gasteiger partial charge in [0.15, 0.2) is 0 Å². The molecule has 4 nitrogen and oxygen atoms in total. The van der Waals surface area contributed by atoms with Crippen molar-refractivity contribution in [3.63, 3.8) is 0 Å². The molecule has 1 aliphatic heterocycles. The van der Waals surface area contributed by atoms with Gasteiger partial charge < -0.3 is 9.64 Å². The average Bonchev–Trinajstić information content (AvgIpc) is 2.56. The Balaban J connectivity index is 1.81.